The number of nitrogens with one attached hydrogen (secondary N) is 1. The summed E-state index contributed by atoms with van der Waals surface area (Å²) in [6.45, 7) is 6.25. The van der Waals surface area contributed by atoms with E-state index in [2.05, 4.69) is 17.2 Å². The predicted molar refractivity (Wildman–Crippen MR) is 75.4 cm³/mol. The van der Waals surface area contributed by atoms with Gasteiger partial charge >= 0.3 is 11.9 Å². The number of nitrogens with zero attached hydrogens (tertiary/aromatic N) is 1. The SMILES string of the molecule is CCCOC(=O)C(=O)Nc1nc(CC)c(CCC)s1. The Hall–Kier alpha value is -1.43. The van der Waals surface area contributed by atoms with Gasteiger partial charge in [-0.05, 0) is 19.3 Å². The van der Waals surface area contributed by atoms with Crippen LogP contribution in [0.3, 0.4) is 0 Å². The molecule has 0 fully saturated rings. The molecule has 0 saturated carbocycles. The third-order valence-corrected chi connectivity index (χ3v) is 3.51. The van der Waals surface area contributed by atoms with Gasteiger partial charge in [0.25, 0.3) is 0 Å². The quantitative estimate of drug-likeness (QED) is 0.644. The molecule has 1 aromatic rings. The number of esters is 1. The number of carbonyl (C=O) groups is 2. The minimum atomic E-state index is -0.855. The molecule has 0 aliphatic rings. The Kier molecular flexibility index (Phi) is 6.49. The first-order valence-corrected chi connectivity index (χ1v) is 7.40. The van der Waals surface area contributed by atoms with Crippen molar-refractivity contribution < 1.29 is 14.3 Å². The fourth-order valence-electron chi connectivity index (χ4n) is 1.54. The van der Waals surface area contributed by atoms with Crippen molar-refractivity contribution in [2.45, 2.75) is 46.5 Å². The number of aryl methyl sites for hydroxylation is 2. The fraction of sp³-hybridized carbons (Fsp3) is 0.615. The second-order valence-corrected chi connectivity index (χ2v) is 5.17. The summed E-state index contributed by atoms with van der Waals surface area (Å²) in [6.07, 6.45) is 3.48. The van der Waals surface area contributed by atoms with Gasteiger partial charge in [0.15, 0.2) is 5.13 Å². The number of thiazole rings is 1. The van der Waals surface area contributed by atoms with Crippen molar-refractivity contribution in [3.63, 3.8) is 0 Å². The van der Waals surface area contributed by atoms with E-state index < -0.39 is 11.9 Å². The Balaban J connectivity index is 2.66. The van der Waals surface area contributed by atoms with Gasteiger partial charge in [0.1, 0.15) is 0 Å². The molecule has 0 spiro atoms. The van der Waals surface area contributed by atoms with E-state index in [1.54, 1.807) is 0 Å². The highest BCUT2D eigenvalue weighted by molar-refractivity contribution is 7.16. The molecular formula is C13H20N2O3S. The maximum atomic E-state index is 11.6. The van der Waals surface area contributed by atoms with Gasteiger partial charge in [0, 0.05) is 4.88 Å². The summed E-state index contributed by atoms with van der Waals surface area (Å²) in [5, 5.41) is 2.97. The monoisotopic (exact) mass is 284 g/mol. The Morgan fingerprint density at radius 2 is 2.00 bits per heavy atom. The smallest absolute Gasteiger partial charge is 0.397 e. The number of hydrogen-bond donors (Lipinski definition) is 1. The fourth-order valence-corrected chi connectivity index (χ4v) is 2.69. The third-order valence-electron chi connectivity index (χ3n) is 2.43. The van der Waals surface area contributed by atoms with Crippen molar-refractivity contribution in [1.29, 1.82) is 0 Å². The molecule has 0 radical (unpaired) electrons. The molecule has 0 unspecified atom stereocenters. The van der Waals surface area contributed by atoms with E-state index in [4.69, 9.17) is 4.74 Å². The van der Waals surface area contributed by atoms with Gasteiger partial charge in [0.2, 0.25) is 0 Å². The van der Waals surface area contributed by atoms with Gasteiger partial charge in [-0.3, -0.25) is 10.1 Å². The zero-order valence-corrected chi connectivity index (χ0v) is 12.4. The van der Waals surface area contributed by atoms with Crippen LogP contribution in [0.4, 0.5) is 5.13 Å². The lowest BCUT2D eigenvalue weighted by molar-refractivity contribution is -0.152. The highest BCUT2D eigenvalue weighted by Crippen LogP contribution is 2.24. The number of rotatable bonds is 6. The molecular weight excluding hydrogens is 264 g/mol. The average Bonchev–Trinajstić information content (AvgIpc) is 2.78. The Labute approximate surface area is 117 Å². The van der Waals surface area contributed by atoms with E-state index in [-0.39, 0.29) is 6.61 Å². The second-order valence-electron chi connectivity index (χ2n) is 4.08. The molecule has 19 heavy (non-hydrogen) atoms. The number of anilines is 1. The lowest BCUT2D eigenvalue weighted by Crippen LogP contribution is -2.25. The lowest BCUT2D eigenvalue weighted by atomic mass is 10.2. The molecule has 1 heterocycles. The molecule has 1 aromatic heterocycles. The molecule has 0 aliphatic heterocycles. The molecule has 0 aromatic carbocycles. The number of carbonyl (C=O) groups excluding carboxylic acids is 2. The van der Waals surface area contributed by atoms with Crippen LogP contribution in [0.2, 0.25) is 0 Å². The molecule has 1 N–H and O–H groups in total. The predicted octanol–water partition coefficient (Wildman–Crippen LogP) is 2.55. The van der Waals surface area contributed by atoms with Gasteiger partial charge < -0.3 is 4.74 Å². The maximum absolute atomic E-state index is 11.6. The molecule has 5 nitrogen and oxygen atoms in total. The van der Waals surface area contributed by atoms with Crippen LogP contribution in [0, 0.1) is 0 Å². The van der Waals surface area contributed by atoms with E-state index >= 15 is 0 Å². The average molecular weight is 284 g/mol. The van der Waals surface area contributed by atoms with Gasteiger partial charge in [-0.15, -0.1) is 11.3 Å². The van der Waals surface area contributed by atoms with Gasteiger partial charge in [-0.25, -0.2) is 9.78 Å². The van der Waals surface area contributed by atoms with E-state index in [9.17, 15) is 9.59 Å². The number of aromatic nitrogens is 1. The van der Waals surface area contributed by atoms with E-state index in [0.29, 0.717) is 11.6 Å². The van der Waals surface area contributed by atoms with Crippen LogP contribution in [-0.2, 0) is 27.2 Å². The number of ether oxygens (including phenoxy) is 1. The van der Waals surface area contributed by atoms with Gasteiger partial charge in [-0.2, -0.15) is 0 Å². The minimum absolute atomic E-state index is 0.255. The molecule has 1 rings (SSSR count). The van der Waals surface area contributed by atoms with Crippen molar-refractivity contribution in [1.82, 2.24) is 4.98 Å². The van der Waals surface area contributed by atoms with Gasteiger partial charge in [0.05, 0.1) is 12.3 Å². The van der Waals surface area contributed by atoms with Crippen LogP contribution >= 0.6 is 11.3 Å². The van der Waals surface area contributed by atoms with Gasteiger partial charge in [-0.1, -0.05) is 27.2 Å². The first-order chi connectivity index (χ1) is 9.12. The summed E-state index contributed by atoms with van der Waals surface area (Å²) in [4.78, 5) is 28.4. The normalized spacial score (nSPS) is 10.3. The third kappa shape index (κ3) is 4.63. The van der Waals surface area contributed by atoms with Crippen molar-refractivity contribution in [2.24, 2.45) is 0 Å². The Morgan fingerprint density at radius 1 is 1.26 bits per heavy atom. The number of hydrogen-bond acceptors (Lipinski definition) is 5. The molecule has 0 bridgehead atoms. The van der Waals surface area contributed by atoms with Crippen LogP contribution in [-0.4, -0.2) is 23.5 Å². The molecule has 0 atom stereocenters. The first kappa shape index (κ1) is 15.6. The molecule has 0 aliphatic carbocycles. The van der Waals surface area contributed by atoms with E-state index in [1.165, 1.54) is 16.2 Å². The maximum Gasteiger partial charge on any atom is 0.397 e. The van der Waals surface area contributed by atoms with Crippen LogP contribution < -0.4 is 5.32 Å². The standard InChI is InChI=1S/C13H20N2O3S/c1-4-7-10-9(6-3)14-13(19-10)15-11(16)12(17)18-8-5-2/h4-8H2,1-3H3,(H,14,15,16). The summed E-state index contributed by atoms with van der Waals surface area (Å²) in [5.74, 6) is -1.61. The van der Waals surface area contributed by atoms with Crippen LogP contribution in [0.5, 0.6) is 0 Å². The van der Waals surface area contributed by atoms with Crippen molar-refractivity contribution in [3.05, 3.63) is 10.6 Å². The Bertz CT molecular complexity index is 443. The summed E-state index contributed by atoms with van der Waals surface area (Å²) in [6, 6.07) is 0. The second kappa shape index (κ2) is 7.89. The largest absolute Gasteiger partial charge is 0.459 e. The summed E-state index contributed by atoms with van der Waals surface area (Å²) < 4.78 is 4.76. The highest BCUT2D eigenvalue weighted by atomic mass is 32.1. The number of amides is 1. The summed E-state index contributed by atoms with van der Waals surface area (Å²) >= 11 is 1.43. The lowest BCUT2D eigenvalue weighted by Gasteiger charge is -2.01. The molecule has 6 heteroatoms. The van der Waals surface area contributed by atoms with Crippen LogP contribution in [0.15, 0.2) is 0 Å². The molecule has 1 amide bonds. The van der Waals surface area contributed by atoms with E-state index in [0.717, 1.165) is 25.0 Å². The minimum Gasteiger partial charge on any atom is -0.459 e. The van der Waals surface area contributed by atoms with Crippen LogP contribution in [0.25, 0.3) is 0 Å². The van der Waals surface area contributed by atoms with Crippen LogP contribution in [0.1, 0.15) is 44.2 Å². The summed E-state index contributed by atoms with van der Waals surface area (Å²) in [5.41, 5.74) is 0.990. The zero-order chi connectivity index (χ0) is 14.3. The first-order valence-electron chi connectivity index (χ1n) is 6.58. The highest BCUT2D eigenvalue weighted by Gasteiger charge is 2.18. The van der Waals surface area contributed by atoms with E-state index in [1.807, 2.05) is 13.8 Å². The molecule has 106 valence electrons. The Morgan fingerprint density at radius 3 is 2.58 bits per heavy atom. The topological polar surface area (TPSA) is 68.3 Å². The summed E-state index contributed by atoms with van der Waals surface area (Å²) in [7, 11) is 0. The van der Waals surface area contributed by atoms with Crippen molar-refractivity contribution >= 4 is 28.3 Å². The van der Waals surface area contributed by atoms with Crippen molar-refractivity contribution in [2.75, 3.05) is 11.9 Å². The zero-order valence-electron chi connectivity index (χ0n) is 11.6. The molecule has 0 saturated heterocycles. The van der Waals surface area contributed by atoms with Crippen molar-refractivity contribution in [3.8, 4) is 0 Å².